The Kier molecular flexibility index (Phi) is 4.44. The zero-order chi connectivity index (χ0) is 18.1. The van der Waals surface area contributed by atoms with Crippen molar-refractivity contribution in [3.63, 3.8) is 0 Å². The van der Waals surface area contributed by atoms with Gasteiger partial charge >= 0.3 is 0 Å². The van der Waals surface area contributed by atoms with E-state index in [9.17, 15) is 4.79 Å². The van der Waals surface area contributed by atoms with E-state index in [1.165, 1.54) is 17.6 Å². The number of anilines is 1. The minimum atomic E-state index is -0.241. The number of hydrogen-bond acceptors (Lipinski definition) is 5. The summed E-state index contributed by atoms with van der Waals surface area (Å²) in [7, 11) is 0. The van der Waals surface area contributed by atoms with E-state index in [-0.39, 0.29) is 11.7 Å². The number of pyridine rings is 1. The maximum atomic E-state index is 13.0. The van der Waals surface area contributed by atoms with Gasteiger partial charge in [-0.25, -0.2) is 4.98 Å². The van der Waals surface area contributed by atoms with Gasteiger partial charge in [0, 0.05) is 17.4 Å². The Morgan fingerprint density at radius 2 is 2.04 bits per heavy atom. The molecule has 0 aliphatic heterocycles. The van der Waals surface area contributed by atoms with Gasteiger partial charge in [0.1, 0.15) is 0 Å². The van der Waals surface area contributed by atoms with Crippen LogP contribution in [0.25, 0.3) is 10.2 Å². The average molecular weight is 384 g/mol. The van der Waals surface area contributed by atoms with Crippen molar-refractivity contribution in [3.8, 4) is 0 Å². The Hall–Kier alpha value is -2.70. The molecule has 0 atom stereocenters. The van der Waals surface area contributed by atoms with Crippen molar-refractivity contribution in [1.82, 2.24) is 9.97 Å². The number of rotatable bonds is 4. The van der Waals surface area contributed by atoms with Gasteiger partial charge in [-0.3, -0.25) is 14.7 Å². The zero-order valence-corrected chi connectivity index (χ0v) is 15.4. The van der Waals surface area contributed by atoms with Crippen LogP contribution >= 0.6 is 22.9 Å². The van der Waals surface area contributed by atoms with Crippen LogP contribution in [0.5, 0.6) is 0 Å². The van der Waals surface area contributed by atoms with E-state index in [2.05, 4.69) is 9.97 Å². The van der Waals surface area contributed by atoms with Crippen LogP contribution in [0.15, 0.2) is 59.5 Å². The van der Waals surface area contributed by atoms with Crippen molar-refractivity contribution in [1.29, 1.82) is 0 Å². The molecule has 26 heavy (non-hydrogen) atoms. The van der Waals surface area contributed by atoms with Crippen LogP contribution in [0.1, 0.15) is 21.7 Å². The highest BCUT2D eigenvalue weighted by molar-refractivity contribution is 7.22. The molecule has 0 aliphatic carbocycles. The van der Waals surface area contributed by atoms with Crippen molar-refractivity contribution >= 4 is 44.2 Å². The maximum Gasteiger partial charge on any atom is 0.296 e. The van der Waals surface area contributed by atoms with Gasteiger partial charge in [0.05, 0.1) is 23.0 Å². The largest absolute Gasteiger partial charge is 0.459 e. The van der Waals surface area contributed by atoms with E-state index in [1.54, 1.807) is 29.4 Å². The molecule has 0 aliphatic rings. The van der Waals surface area contributed by atoms with E-state index in [1.807, 2.05) is 31.2 Å². The van der Waals surface area contributed by atoms with Gasteiger partial charge in [0.2, 0.25) is 0 Å². The van der Waals surface area contributed by atoms with Crippen molar-refractivity contribution in [3.05, 3.63) is 77.0 Å². The SMILES string of the molecule is Cc1c(Cl)ccc2sc(N(Cc3ccncc3)C(=O)c3ccco3)nc12. The highest BCUT2D eigenvalue weighted by Gasteiger charge is 2.24. The summed E-state index contributed by atoms with van der Waals surface area (Å²) in [5.74, 6) is 0.0303. The molecular weight excluding hydrogens is 370 g/mol. The minimum absolute atomic E-state index is 0.241. The summed E-state index contributed by atoms with van der Waals surface area (Å²) in [6.07, 6.45) is 4.89. The van der Waals surface area contributed by atoms with Crippen LogP contribution in [0, 0.1) is 6.92 Å². The van der Waals surface area contributed by atoms with Crippen molar-refractivity contribution in [2.75, 3.05) is 4.90 Å². The molecule has 0 radical (unpaired) electrons. The summed E-state index contributed by atoms with van der Waals surface area (Å²) in [5.41, 5.74) is 2.67. The number of carbonyl (C=O) groups excluding carboxylic acids is 1. The van der Waals surface area contributed by atoms with Crippen LogP contribution in [-0.4, -0.2) is 15.9 Å². The Morgan fingerprint density at radius 3 is 2.77 bits per heavy atom. The molecule has 3 aromatic heterocycles. The van der Waals surface area contributed by atoms with Crippen LogP contribution in [0.2, 0.25) is 5.02 Å². The Morgan fingerprint density at radius 1 is 1.23 bits per heavy atom. The number of halogens is 1. The molecule has 0 fully saturated rings. The second kappa shape index (κ2) is 6.90. The molecule has 0 bridgehead atoms. The lowest BCUT2D eigenvalue weighted by atomic mass is 10.2. The second-order valence-corrected chi connectivity index (χ2v) is 7.16. The first-order valence-electron chi connectivity index (χ1n) is 7.93. The number of nitrogens with zero attached hydrogens (tertiary/aromatic N) is 3. The molecule has 0 saturated carbocycles. The number of thiazole rings is 1. The summed E-state index contributed by atoms with van der Waals surface area (Å²) >= 11 is 7.66. The maximum absolute atomic E-state index is 13.0. The Bertz CT molecular complexity index is 1060. The molecule has 0 saturated heterocycles. The van der Waals surface area contributed by atoms with E-state index >= 15 is 0 Å². The molecule has 1 amide bonds. The predicted octanol–water partition coefficient (Wildman–Crippen LogP) is 5.09. The third-order valence-electron chi connectivity index (χ3n) is 4.03. The van der Waals surface area contributed by atoms with E-state index in [0.717, 1.165) is 21.3 Å². The van der Waals surface area contributed by atoms with Crippen LogP contribution in [-0.2, 0) is 6.54 Å². The fourth-order valence-corrected chi connectivity index (χ4v) is 3.81. The van der Waals surface area contributed by atoms with Gasteiger partial charge in [0.15, 0.2) is 10.9 Å². The molecule has 130 valence electrons. The van der Waals surface area contributed by atoms with Gasteiger partial charge in [-0.1, -0.05) is 22.9 Å². The molecule has 0 N–H and O–H groups in total. The molecule has 7 heteroatoms. The molecule has 4 aromatic rings. The summed E-state index contributed by atoms with van der Waals surface area (Å²) in [6, 6.07) is 10.9. The fraction of sp³-hybridized carbons (Fsp3) is 0.105. The topological polar surface area (TPSA) is 59.2 Å². The monoisotopic (exact) mass is 383 g/mol. The number of amides is 1. The van der Waals surface area contributed by atoms with Crippen LogP contribution < -0.4 is 4.90 Å². The summed E-state index contributed by atoms with van der Waals surface area (Å²) < 4.78 is 6.28. The van der Waals surface area contributed by atoms with Crippen molar-refractivity contribution in [2.45, 2.75) is 13.5 Å². The number of aryl methyl sites for hydroxylation is 1. The molecular formula is C19H14ClN3O2S. The molecule has 0 unspecified atom stereocenters. The highest BCUT2D eigenvalue weighted by atomic mass is 35.5. The number of hydrogen-bond donors (Lipinski definition) is 0. The third kappa shape index (κ3) is 3.09. The molecule has 1 aromatic carbocycles. The standard InChI is InChI=1S/C19H14ClN3O2S/c1-12-14(20)4-5-16-17(12)22-19(26-16)23(11-13-6-8-21-9-7-13)18(24)15-3-2-10-25-15/h2-10H,11H2,1H3. The van der Waals surface area contributed by atoms with E-state index in [0.29, 0.717) is 16.7 Å². The molecule has 0 spiro atoms. The Labute approximate surface area is 158 Å². The smallest absolute Gasteiger partial charge is 0.296 e. The van der Waals surface area contributed by atoms with Gasteiger partial charge in [-0.2, -0.15) is 0 Å². The first-order chi connectivity index (χ1) is 12.6. The van der Waals surface area contributed by atoms with Gasteiger partial charge in [-0.15, -0.1) is 0 Å². The number of fused-ring (bicyclic) bond motifs is 1. The first kappa shape index (κ1) is 16.8. The lowest BCUT2D eigenvalue weighted by Gasteiger charge is -2.18. The number of aromatic nitrogens is 2. The quantitative estimate of drug-likeness (QED) is 0.492. The minimum Gasteiger partial charge on any atom is -0.459 e. The first-order valence-corrected chi connectivity index (χ1v) is 9.13. The van der Waals surface area contributed by atoms with Crippen LogP contribution in [0.3, 0.4) is 0 Å². The highest BCUT2D eigenvalue weighted by Crippen LogP contribution is 2.34. The fourth-order valence-electron chi connectivity index (χ4n) is 2.63. The van der Waals surface area contributed by atoms with Crippen LogP contribution in [0.4, 0.5) is 5.13 Å². The number of carbonyl (C=O) groups is 1. The third-order valence-corrected chi connectivity index (χ3v) is 5.49. The van der Waals surface area contributed by atoms with Gasteiger partial charge in [-0.05, 0) is 54.4 Å². The summed E-state index contributed by atoms with van der Waals surface area (Å²) in [5, 5.41) is 1.26. The van der Waals surface area contributed by atoms with Gasteiger partial charge < -0.3 is 4.42 Å². The zero-order valence-electron chi connectivity index (χ0n) is 13.8. The number of furan rings is 1. The Balaban J connectivity index is 1.79. The lowest BCUT2D eigenvalue weighted by molar-refractivity contribution is 0.0958. The normalized spacial score (nSPS) is 11.0. The second-order valence-electron chi connectivity index (χ2n) is 5.74. The summed E-state index contributed by atoms with van der Waals surface area (Å²) in [4.78, 5) is 23.3. The average Bonchev–Trinajstić information content (AvgIpc) is 3.33. The predicted molar refractivity (Wildman–Crippen MR) is 103 cm³/mol. The van der Waals surface area contributed by atoms with Gasteiger partial charge in [0.25, 0.3) is 5.91 Å². The molecule has 5 nitrogen and oxygen atoms in total. The number of benzene rings is 1. The molecule has 4 rings (SSSR count). The van der Waals surface area contributed by atoms with Crippen molar-refractivity contribution < 1.29 is 9.21 Å². The van der Waals surface area contributed by atoms with E-state index in [4.69, 9.17) is 16.0 Å². The van der Waals surface area contributed by atoms with Crippen molar-refractivity contribution in [2.24, 2.45) is 0 Å². The molecule has 3 heterocycles. The summed E-state index contributed by atoms with van der Waals surface area (Å²) in [6.45, 7) is 2.30. The van der Waals surface area contributed by atoms with E-state index < -0.39 is 0 Å². The lowest BCUT2D eigenvalue weighted by Crippen LogP contribution is -2.30.